The Balaban J connectivity index is 2.02. The molecule has 0 spiro atoms. The van der Waals surface area contributed by atoms with Gasteiger partial charge in [0.05, 0.1) is 5.56 Å². The van der Waals surface area contributed by atoms with Crippen LogP contribution < -0.4 is 5.32 Å². The van der Waals surface area contributed by atoms with Crippen LogP contribution in [0.4, 0.5) is 17.6 Å². The predicted octanol–water partition coefficient (Wildman–Crippen LogP) is 3.04. The standard InChI is InChI=1S/C15H14F4N4O3/c1-2-25-21-7-3-6-20-13(24)10-5-4-9(8-11(10)16)12-22-14(26-23-12)15(17,18)19/h4-5,7-8H,2-3,6H2,1H3,(H,20,24). The molecule has 2 rings (SSSR count). The molecule has 11 heteroatoms. The van der Waals surface area contributed by atoms with Gasteiger partial charge in [-0.05, 0) is 19.1 Å². The minimum absolute atomic E-state index is 0.0536. The van der Waals surface area contributed by atoms with Crippen LogP contribution in [0.1, 0.15) is 29.6 Å². The van der Waals surface area contributed by atoms with Crippen molar-refractivity contribution in [2.24, 2.45) is 5.16 Å². The van der Waals surface area contributed by atoms with Crippen LogP contribution in [0.5, 0.6) is 0 Å². The zero-order valence-corrected chi connectivity index (χ0v) is 13.5. The number of amides is 1. The molecular weight excluding hydrogens is 360 g/mol. The summed E-state index contributed by atoms with van der Waals surface area (Å²) in [5.74, 6) is -3.58. The van der Waals surface area contributed by atoms with Crippen LogP contribution in [-0.2, 0) is 11.0 Å². The lowest BCUT2D eigenvalue weighted by Gasteiger charge is -2.05. The molecule has 26 heavy (non-hydrogen) atoms. The Labute approximate surface area is 145 Å². The summed E-state index contributed by atoms with van der Waals surface area (Å²) >= 11 is 0. The van der Waals surface area contributed by atoms with Crippen molar-refractivity contribution in [2.45, 2.75) is 19.5 Å². The van der Waals surface area contributed by atoms with Crippen LogP contribution in [-0.4, -0.2) is 35.4 Å². The Hall–Kier alpha value is -2.98. The minimum atomic E-state index is -4.80. The molecule has 0 saturated heterocycles. The largest absolute Gasteiger partial charge is 0.471 e. The van der Waals surface area contributed by atoms with Crippen molar-refractivity contribution in [1.29, 1.82) is 0 Å². The number of rotatable bonds is 7. The van der Waals surface area contributed by atoms with E-state index in [0.29, 0.717) is 13.0 Å². The molecule has 0 atom stereocenters. The van der Waals surface area contributed by atoms with Crippen molar-refractivity contribution in [3.8, 4) is 11.4 Å². The van der Waals surface area contributed by atoms with E-state index in [1.165, 1.54) is 12.3 Å². The van der Waals surface area contributed by atoms with Gasteiger partial charge in [-0.1, -0.05) is 16.4 Å². The number of hydrogen-bond donors (Lipinski definition) is 1. The van der Waals surface area contributed by atoms with Gasteiger partial charge in [0.25, 0.3) is 5.91 Å². The van der Waals surface area contributed by atoms with Gasteiger partial charge in [0.15, 0.2) is 0 Å². The summed E-state index contributed by atoms with van der Waals surface area (Å²) in [4.78, 5) is 19.8. The number of hydrogen-bond acceptors (Lipinski definition) is 6. The summed E-state index contributed by atoms with van der Waals surface area (Å²) in [6.45, 7) is 2.39. The SMILES string of the molecule is CCON=CCCNC(=O)c1ccc(-c2noc(C(F)(F)F)n2)cc1F. The lowest BCUT2D eigenvalue weighted by atomic mass is 10.1. The summed E-state index contributed by atoms with van der Waals surface area (Å²) in [6.07, 6.45) is -2.96. The highest BCUT2D eigenvalue weighted by Crippen LogP contribution is 2.29. The number of oxime groups is 1. The highest BCUT2D eigenvalue weighted by atomic mass is 19.4. The van der Waals surface area contributed by atoms with Crippen molar-refractivity contribution in [1.82, 2.24) is 15.5 Å². The fraction of sp³-hybridized carbons (Fsp3) is 0.333. The maximum atomic E-state index is 14.1. The lowest BCUT2D eigenvalue weighted by Crippen LogP contribution is -2.25. The number of nitrogens with one attached hydrogen (secondary N) is 1. The summed E-state index contributed by atoms with van der Waals surface area (Å²) in [5.41, 5.74) is -0.322. The van der Waals surface area contributed by atoms with E-state index in [1.54, 1.807) is 6.92 Å². The second-order valence-electron chi connectivity index (χ2n) is 4.87. The summed E-state index contributed by atoms with van der Waals surface area (Å²) in [5, 5.41) is 9.22. The molecule has 140 valence electrons. The molecule has 0 radical (unpaired) electrons. The van der Waals surface area contributed by atoms with E-state index >= 15 is 0 Å². The second kappa shape index (κ2) is 8.41. The third-order valence-corrected chi connectivity index (χ3v) is 2.98. The summed E-state index contributed by atoms with van der Waals surface area (Å²) in [7, 11) is 0. The number of alkyl halides is 3. The van der Waals surface area contributed by atoms with Gasteiger partial charge in [-0.2, -0.15) is 18.2 Å². The molecule has 1 N–H and O–H groups in total. The number of carbonyl (C=O) groups excluding carboxylic acids is 1. The number of nitrogens with zero attached hydrogens (tertiary/aromatic N) is 3. The highest BCUT2D eigenvalue weighted by Gasteiger charge is 2.38. The number of halogens is 4. The maximum Gasteiger partial charge on any atom is 0.471 e. The molecule has 1 aromatic carbocycles. The Morgan fingerprint density at radius 3 is 2.81 bits per heavy atom. The molecule has 0 unspecified atom stereocenters. The molecule has 7 nitrogen and oxygen atoms in total. The van der Waals surface area contributed by atoms with Crippen LogP contribution in [0.3, 0.4) is 0 Å². The normalized spacial score (nSPS) is 11.7. The zero-order valence-electron chi connectivity index (χ0n) is 13.5. The van der Waals surface area contributed by atoms with Crippen LogP contribution >= 0.6 is 0 Å². The quantitative estimate of drug-likeness (QED) is 0.348. The molecular formula is C15H14F4N4O3. The van der Waals surface area contributed by atoms with E-state index in [9.17, 15) is 22.4 Å². The monoisotopic (exact) mass is 374 g/mol. The average molecular weight is 374 g/mol. The summed E-state index contributed by atoms with van der Waals surface area (Å²) < 4.78 is 55.5. The lowest BCUT2D eigenvalue weighted by molar-refractivity contribution is -0.159. The van der Waals surface area contributed by atoms with E-state index < -0.39 is 29.6 Å². The fourth-order valence-corrected chi connectivity index (χ4v) is 1.82. The molecule has 0 saturated carbocycles. The highest BCUT2D eigenvalue weighted by molar-refractivity contribution is 5.95. The van der Waals surface area contributed by atoms with Gasteiger partial charge < -0.3 is 14.7 Å². The molecule has 2 aromatic rings. The van der Waals surface area contributed by atoms with Crippen molar-refractivity contribution in [3.63, 3.8) is 0 Å². The first-order valence-electron chi connectivity index (χ1n) is 7.45. The predicted molar refractivity (Wildman–Crippen MR) is 81.8 cm³/mol. The molecule has 0 aliphatic rings. The van der Waals surface area contributed by atoms with Gasteiger partial charge in [-0.15, -0.1) is 0 Å². The molecule has 1 amide bonds. The molecule has 0 aliphatic heterocycles. The topological polar surface area (TPSA) is 89.6 Å². The molecule has 1 heterocycles. The van der Waals surface area contributed by atoms with Crippen LogP contribution in [0, 0.1) is 5.82 Å². The van der Waals surface area contributed by atoms with E-state index in [1.807, 2.05) is 0 Å². The van der Waals surface area contributed by atoms with Crippen molar-refractivity contribution >= 4 is 12.1 Å². The van der Waals surface area contributed by atoms with Crippen LogP contribution in [0.2, 0.25) is 0 Å². The van der Waals surface area contributed by atoms with Gasteiger partial charge in [0.2, 0.25) is 5.82 Å². The molecule has 0 fully saturated rings. The number of carbonyl (C=O) groups is 1. The first-order valence-corrected chi connectivity index (χ1v) is 7.45. The zero-order chi connectivity index (χ0) is 19.2. The van der Waals surface area contributed by atoms with E-state index in [2.05, 4.69) is 25.1 Å². The molecule has 0 bridgehead atoms. The smallest absolute Gasteiger partial charge is 0.396 e. The average Bonchev–Trinajstić information content (AvgIpc) is 3.08. The van der Waals surface area contributed by atoms with Gasteiger partial charge >= 0.3 is 12.1 Å². The summed E-state index contributed by atoms with van der Waals surface area (Å²) in [6, 6.07) is 3.20. The van der Waals surface area contributed by atoms with Crippen LogP contribution in [0.25, 0.3) is 11.4 Å². The first-order chi connectivity index (χ1) is 12.3. The van der Waals surface area contributed by atoms with E-state index in [4.69, 9.17) is 4.84 Å². The number of benzene rings is 1. The molecule has 1 aromatic heterocycles. The Morgan fingerprint density at radius 2 is 2.19 bits per heavy atom. The maximum absolute atomic E-state index is 14.1. The number of aromatic nitrogens is 2. The van der Waals surface area contributed by atoms with Gasteiger partial charge in [0, 0.05) is 24.7 Å². The van der Waals surface area contributed by atoms with Gasteiger partial charge in [-0.3, -0.25) is 4.79 Å². The van der Waals surface area contributed by atoms with Crippen molar-refractivity contribution < 1.29 is 31.7 Å². The Morgan fingerprint density at radius 1 is 1.42 bits per heavy atom. The van der Waals surface area contributed by atoms with E-state index in [-0.39, 0.29) is 17.7 Å². The first kappa shape index (κ1) is 19.3. The minimum Gasteiger partial charge on any atom is -0.396 e. The van der Waals surface area contributed by atoms with Crippen LogP contribution in [0.15, 0.2) is 27.9 Å². The Bertz CT molecular complexity index is 789. The van der Waals surface area contributed by atoms with Crippen molar-refractivity contribution in [2.75, 3.05) is 13.2 Å². The molecule has 0 aliphatic carbocycles. The fourth-order valence-electron chi connectivity index (χ4n) is 1.82. The Kier molecular flexibility index (Phi) is 6.26. The van der Waals surface area contributed by atoms with E-state index in [0.717, 1.165) is 12.1 Å². The van der Waals surface area contributed by atoms with Gasteiger partial charge in [0.1, 0.15) is 12.4 Å². The third-order valence-electron chi connectivity index (χ3n) is 2.98. The second-order valence-corrected chi connectivity index (χ2v) is 4.87. The van der Waals surface area contributed by atoms with Gasteiger partial charge in [-0.25, -0.2) is 4.39 Å². The third kappa shape index (κ3) is 5.01. The van der Waals surface area contributed by atoms with Crippen molar-refractivity contribution in [3.05, 3.63) is 35.5 Å².